The fraction of sp³-hybridized carbons (Fsp3) is 1.00. The Kier molecular flexibility index (Phi) is 6.67. The first-order valence-corrected chi connectivity index (χ1v) is 4.34. The van der Waals surface area contributed by atoms with Gasteiger partial charge in [0.25, 0.3) is 0 Å². The third-order valence-corrected chi connectivity index (χ3v) is 1.17. The van der Waals surface area contributed by atoms with Crippen LogP contribution >= 0.6 is 0 Å². The maximum absolute atomic E-state index is 4.51. The summed E-state index contributed by atoms with van der Waals surface area (Å²) in [5.74, 6) is 0. The zero-order valence-electron chi connectivity index (χ0n) is 9.86. The summed E-state index contributed by atoms with van der Waals surface area (Å²) in [7, 11) is 0. The first-order valence-electron chi connectivity index (χ1n) is 4.34. The average Bonchev–Trinajstić information content (AvgIpc) is 1.55. The van der Waals surface area contributed by atoms with Gasteiger partial charge in [0.15, 0.2) is 0 Å². The molecule has 1 nitrogen and oxygen atoms in total. The molecular weight excluding hydrogens is 141 g/mol. The summed E-state index contributed by atoms with van der Waals surface area (Å²) >= 11 is 0. The van der Waals surface area contributed by atoms with Gasteiger partial charge in [-0.15, -0.1) is 13.1 Å². The van der Waals surface area contributed by atoms with Crippen molar-refractivity contribution in [3.05, 3.63) is 5.32 Å². The van der Waals surface area contributed by atoms with Crippen LogP contribution in [0.5, 0.6) is 0 Å². The van der Waals surface area contributed by atoms with Crippen LogP contribution in [0.25, 0.3) is 5.32 Å². The van der Waals surface area contributed by atoms with E-state index in [2.05, 4.69) is 46.9 Å². The second kappa shape index (κ2) is 5.32. The number of hydrogen-bond acceptors (Lipinski definition) is 0. The van der Waals surface area contributed by atoms with Gasteiger partial charge in [-0.3, -0.25) is 0 Å². The van der Waals surface area contributed by atoms with Crippen LogP contribution in [0.4, 0.5) is 0 Å². The topological polar surface area (TPSA) is 14.1 Å². The van der Waals surface area contributed by atoms with Crippen LogP contribution in [0.2, 0.25) is 0 Å². The fourth-order valence-electron chi connectivity index (χ4n) is 0.727. The molecule has 0 amide bonds. The minimum atomic E-state index is 0. The van der Waals surface area contributed by atoms with Gasteiger partial charge in [-0.25, -0.2) is 0 Å². The van der Waals surface area contributed by atoms with E-state index in [1.54, 1.807) is 0 Å². The molecule has 0 aliphatic rings. The molecule has 0 rings (SSSR count). The van der Waals surface area contributed by atoms with E-state index in [1.165, 1.54) is 0 Å². The Hall–Kier alpha value is 0.557. The molecular formula is C10H22LiN. The number of rotatable bonds is 2. The maximum Gasteiger partial charge on any atom is 1.00 e. The number of hydrogen-bond donors (Lipinski definition) is 0. The first kappa shape index (κ1) is 15.0. The number of nitrogens with zero attached hydrogens (tertiary/aromatic N) is 1. The second-order valence-corrected chi connectivity index (χ2v) is 5.66. The molecule has 68 valence electrons. The summed E-state index contributed by atoms with van der Waals surface area (Å²) in [6.07, 6.45) is 0. The van der Waals surface area contributed by atoms with Crippen molar-refractivity contribution in [3.8, 4) is 0 Å². The molecule has 0 spiro atoms. The van der Waals surface area contributed by atoms with E-state index < -0.39 is 0 Å². The van der Waals surface area contributed by atoms with Crippen molar-refractivity contribution >= 4 is 0 Å². The molecule has 0 N–H and O–H groups in total. The SMILES string of the molecule is CC(C)(C)C[N-]CC(C)(C)C.[Li+]. The molecule has 0 atom stereocenters. The Bertz CT molecular complexity index is 94.0. The van der Waals surface area contributed by atoms with Crippen LogP contribution in [-0.4, -0.2) is 13.1 Å². The van der Waals surface area contributed by atoms with Crippen LogP contribution in [0, 0.1) is 10.8 Å². The zero-order chi connectivity index (χ0) is 9.12. The molecule has 0 bridgehead atoms. The molecule has 12 heavy (non-hydrogen) atoms. The Morgan fingerprint density at radius 1 is 0.750 bits per heavy atom. The summed E-state index contributed by atoms with van der Waals surface area (Å²) in [6.45, 7) is 15.3. The van der Waals surface area contributed by atoms with Gasteiger partial charge in [0.05, 0.1) is 0 Å². The summed E-state index contributed by atoms with van der Waals surface area (Å²) in [4.78, 5) is 0. The zero-order valence-corrected chi connectivity index (χ0v) is 9.86. The van der Waals surface area contributed by atoms with Gasteiger partial charge >= 0.3 is 18.9 Å². The van der Waals surface area contributed by atoms with E-state index in [4.69, 9.17) is 0 Å². The van der Waals surface area contributed by atoms with Gasteiger partial charge in [0, 0.05) is 0 Å². The third kappa shape index (κ3) is 13.2. The molecule has 0 aromatic rings. The van der Waals surface area contributed by atoms with Crippen molar-refractivity contribution in [2.45, 2.75) is 41.5 Å². The van der Waals surface area contributed by atoms with Crippen LogP contribution in [0.1, 0.15) is 41.5 Å². The van der Waals surface area contributed by atoms with Gasteiger partial charge in [0.1, 0.15) is 0 Å². The smallest absolute Gasteiger partial charge is 0.661 e. The minimum Gasteiger partial charge on any atom is -0.661 e. The minimum absolute atomic E-state index is 0. The average molecular weight is 163 g/mol. The van der Waals surface area contributed by atoms with Gasteiger partial charge in [-0.05, 0) is 0 Å². The normalized spacial score (nSPS) is 12.5. The maximum atomic E-state index is 4.51. The van der Waals surface area contributed by atoms with Crippen LogP contribution in [-0.2, 0) is 0 Å². The quantitative estimate of drug-likeness (QED) is 0.525. The summed E-state index contributed by atoms with van der Waals surface area (Å²) < 4.78 is 0. The standard InChI is InChI=1S/C10H22N.Li/c1-9(2,3)7-11-8-10(4,5)6;/h7-8H2,1-6H3;/q-1;+1. The van der Waals surface area contributed by atoms with Crippen molar-refractivity contribution in [1.82, 2.24) is 0 Å². The summed E-state index contributed by atoms with van der Waals surface area (Å²) in [5.41, 5.74) is 0.705. The van der Waals surface area contributed by atoms with Gasteiger partial charge in [-0.2, -0.15) is 0 Å². The van der Waals surface area contributed by atoms with E-state index in [-0.39, 0.29) is 18.9 Å². The van der Waals surface area contributed by atoms with E-state index in [0.717, 1.165) is 13.1 Å². The van der Waals surface area contributed by atoms with Crippen molar-refractivity contribution in [2.24, 2.45) is 10.8 Å². The van der Waals surface area contributed by atoms with Crippen LogP contribution < -0.4 is 18.9 Å². The van der Waals surface area contributed by atoms with E-state index in [1.807, 2.05) is 0 Å². The largest absolute Gasteiger partial charge is 1.00 e. The molecule has 2 heteroatoms. The molecule has 0 saturated carbocycles. The molecule has 0 radical (unpaired) electrons. The Morgan fingerprint density at radius 2 is 1.00 bits per heavy atom. The Balaban J connectivity index is 0. The van der Waals surface area contributed by atoms with Gasteiger partial charge in [-0.1, -0.05) is 52.4 Å². The fourth-order valence-corrected chi connectivity index (χ4v) is 0.727. The van der Waals surface area contributed by atoms with Gasteiger partial charge in [0.2, 0.25) is 0 Å². The molecule has 0 fully saturated rings. The Morgan fingerprint density at radius 3 is 1.17 bits per heavy atom. The molecule has 0 unspecified atom stereocenters. The second-order valence-electron chi connectivity index (χ2n) is 5.66. The van der Waals surface area contributed by atoms with Crippen LogP contribution in [0.3, 0.4) is 0 Å². The predicted octanol–water partition coefficient (Wildman–Crippen LogP) is 0.456. The molecule has 0 aliphatic heterocycles. The monoisotopic (exact) mass is 163 g/mol. The van der Waals surface area contributed by atoms with Crippen molar-refractivity contribution in [2.75, 3.05) is 13.1 Å². The molecule has 0 heterocycles. The molecule has 0 aliphatic carbocycles. The third-order valence-electron chi connectivity index (χ3n) is 1.17. The van der Waals surface area contributed by atoms with E-state index >= 15 is 0 Å². The van der Waals surface area contributed by atoms with Gasteiger partial charge < -0.3 is 5.32 Å². The van der Waals surface area contributed by atoms with E-state index in [0.29, 0.717) is 10.8 Å². The summed E-state index contributed by atoms with van der Waals surface area (Å²) in [6, 6.07) is 0. The van der Waals surface area contributed by atoms with Crippen molar-refractivity contribution in [1.29, 1.82) is 0 Å². The van der Waals surface area contributed by atoms with Crippen molar-refractivity contribution < 1.29 is 18.9 Å². The van der Waals surface area contributed by atoms with E-state index in [9.17, 15) is 0 Å². The summed E-state index contributed by atoms with van der Waals surface area (Å²) in [5, 5.41) is 4.51. The molecule has 0 aromatic heterocycles. The molecule has 0 saturated heterocycles. The van der Waals surface area contributed by atoms with Crippen LogP contribution in [0.15, 0.2) is 0 Å². The molecule has 0 aromatic carbocycles. The predicted molar refractivity (Wildman–Crippen MR) is 52.0 cm³/mol. The first-order chi connectivity index (χ1) is 4.71. The Labute approximate surface area is 89.9 Å². The van der Waals surface area contributed by atoms with Crippen molar-refractivity contribution in [3.63, 3.8) is 0 Å².